The van der Waals surface area contributed by atoms with Crippen LogP contribution in [0.5, 0.6) is 0 Å². The van der Waals surface area contributed by atoms with E-state index in [9.17, 15) is 43.2 Å². The molecule has 0 aromatic rings. The number of esters is 4. The van der Waals surface area contributed by atoms with Crippen molar-refractivity contribution in [1.82, 2.24) is 0 Å². The highest BCUT2D eigenvalue weighted by molar-refractivity contribution is 7.47. The van der Waals surface area contributed by atoms with Crippen LogP contribution in [0.1, 0.15) is 343 Å². The van der Waals surface area contributed by atoms with E-state index in [4.69, 9.17) is 37.0 Å². The molecule has 0 aliphatic rings. The molecule has 0 amide bonds. The number of phosphoric acid groups is 2. The van der Waals surface area contributed by atoms with Crippen molar-refractivity contribution in [3.05, 3.63) is 0 Å². The molecule has 5 atom stereocenters. The van der Waals surface area contributed by atoms with Crippen LogP contribution in [0.4, 0.5) is 0 Å². The number of hydrogen-bond acceptors (Lipinski definition) is 15. The molecule has 0 spiro atoms. The molecular formula is C68H132O17P2. The number of aliphatic hydroxyl groups is 1. The fraction of sp³-hybridized carbons (Fsp3) is 0.941. The zero-order valence-corrected chi connectivity index (χ0v) is 58.1. The lowest BCUT2D eigenvalue weighted by atomic mass is 10.0. The molecule has 0 aliphatic carbocycles. The van der Waals surface area contributed by atoms with Crippen molar-refractivity contribution >= 4 is 39.5 Å². The van der Waals surface area contributed by atoms with E-state index < -0.39 is 97.5 Å². The number of hydrogen-bond donors (Lipinski definition) is 3. The fourth-order valence-corrected chi connectivity index (χ4v) is 11.8. The van der Waals surface area contributed by atoms with Gasteiger partial charge in [-0.15, -0.1) is 0 Å². The molecule has 2 unspecified atom stereocenters. The molecular weight excluding hydrogens is 1150 g/mol. The highest BCUT2D eigenvalue weighted by atomic mass is 31.2. The summed E-state index contributed by atoms with van der Waals surface area (Å²) in [6, 6.07) is 0. The quantitative estimate of drug-likeness (QED) is 0.0222. The van der Waals surface area contributed by atoms with Crippen LogP contribution in [0.15, 0.2) is 0 Å². The molecule has 3 N–H and O–H groups in total. The minimum absolute atomic E-state index is 0.107. The van der Waals surface area contributed by atoms with Crippen LogP contribution in [0.3, 0.4) is 0 Å². The molecule has 0 rings (SSSR count). The molecule has 516 valence electrons. The second-order valence-electron chi connectivity index (χ2n) is 25.5. The maximum atomic E-state index is 13.0. The predicted octanol–water partition coefficient (Wildman–Crippen LogP) is 19.2. The topological polar surface area (TPSA) is 237 Å². The maximum Gasteiger partial charge on any atom is 0.472 e. The molecule has 0 saturated heterocycles. The van der Waals surface area contributed by atoms with E-state index in [1.54, 1.807) is 0 Å². The number of phosphoric ester groups is 2. The maximum absolute atomic E-state index is 13.0. The first kappa shape index (κ1) is 85.1. The summed E-state index contributed by atoms with van der Waals surface area (Å²) >= 11 is 0. The number of rotatable bonds is 67. The number of carbonyl (C=O) groups excluding carboxylic acids is 4. The summed E-state index contributed by atoms with van der Waals surface area (Å²) in [5.74, 6) is -0.598. The molecule has 0 fully saturated rings. The highest BCUT2D eigenvalue weighted by Gasteiger charge is 2.30. The summed E-state index contributed by atoms with van der Waals surface area (Å²) in [7, 11) is -9.89. The zero-order chi connectivity index (χ0) is 64.3. The first-order chi connectivity index (χ1) is 41.9. The van der Waals surface area contributed by atoms with E-state index in [1.807, 2.05) is 0 Å². The predicted molar refractivity (Wildman–Crippen MR) is 349 cm³/mol. The van der Waals surface area contributed by atoms with E-state index in [2.05, 4.69) is 41.5 Å². The van der Waals surface area contributed by atoms with Gasteiger partial charge >= 0.3 is 39.5 Å². The summed E-state index contributed by atoms with van der Waals surface area (Å²) < 4.78 is 68.1. The summed E-state index contributed by atoms with van der Waals surface area (Å²) in [5.41, 5.74) is 0. The zero-order valence-electron chi connectivity index (χ0n) is 56.3. The van der Waals surface area contributed by atoms with Crippen molar-refractivity contribution in [1.29, 1.82) is 0 Å². The minimum Gasteiger partial charge on any atom is -0.462 e. The minimum atomic E-state index is -4.95. The molecule has 0 radical (unpaired) electrons. The first-order valence-corrected chi connectivity index (χ1v) is 38.5. The molecule has 0 heterocycles. The molecule has 87 heavy (non-hydrogen) atoms. The SMILES string of the molecule is CCCCCCCCCCCCCC(=O)O[C@H](COC(=O)CCCCCCCCCC)COP(=O)(O)OC[C@H](O)COP(=O)(O)OC[C@@H](COC(=O)CCCCCCCCCCCC(C)C)OC(=O)CCCCCCCCCCCCCCCC(C)C. The van der Waals surface area contributed by atoms with Gasteiger partial charge in [0.1, 0.15) is 19.3 Å². The lowest BCUT2D eigenvalue weighted by Gasteiger charge is -2.21. The van der Waals surface area contributed by atoms with Gasteiger partial charge in [0.2, 0.25) is 0 Å². The van der Waals surface area contributed by atoms with Gasteiger partial charge in [-0.05, 0) is 37.5 Å². The van der Waals surface area contributed by atoms with E-state index in [-0.39, 0.29) is 25.7 Å². The fourth-order valence-electron chi connectivity index (χ4n) is 10.2. The molecule has 0 saturated carbocycles. The van der Waals surface area contributed by atoms with Crippen molar-refractivity contribution in [2.75, 3.05) is 39.6 Å². The number of aliphatic hydroxyl groups excluding tert-OH is 1. The molecule has 19 heteroatoms. The number of ether oxygens (including phenoxy) is 4. The summed E-state index contributed by atoms with van der Waals surface area (Å²) in [4.78, 5) is 72.3. The Morgan fingerprint density at radius 3 is 0.782 bits per heavy atom. The van der Waals surface area contributed by atoms with Crippen molar-refractivity contribution in [3.8, 4) is 0 Å². The van der Waals surface area contributed by atoms with Gasteiger partial charge in [-0.25, -0.2) is 9.13 Å². The Morgan fingerprint density at radius 2 is 0.529 bits per heavy atom. The third-order valence-electron chi connectivity index (χ3n) is 15.7. The molecule has 0 aliphatic heterocycles. The van der Waals surface area contributed by atoms with Crippen LogP contribution < -0.4 is 0 Å². The molecule has 0 bridgehead atoms. The molecule has 0 aromatic heterocycles. The standard InChI is InChI=1S/C68H132O17P2/c1-7-9-11-13-15-17-21-27-34-40-46-52-67(72)84-63(56-78-65(70)50-44-38-32-16-14-12-10-8-2)58-82-86(74,75)80-54-62(69)55-81-87(76,77)83-59-64(57-79-66(71)51-45-39-33-29-24-26-31-37-43-49-61(5)6)85-68(73)53-47-41-35-28-23-20-18-19-22-25-30-36-42-48-60(3)4/h60-64,69H,7-59H2,1-6H3,(H,74,75)(H,76,77)/t62-,63+,64+/m0/s1. The van der Waals surface area contributed by atoms with Gasteiger partial charge in [0.05, 0.1) is 26.4 Å². The van der Waals surface area contributed by atoms with E-state index in [0.717, 1.165) is 108 Å². The molecule has 0 aromatic carbocycles. The third-order valence-corrected chi connectivity index (χ3v) is 17.6. The van der Waals surface area contributed by atoms with E-state index >= 15 is 0 Å². The lowest BCUT2D eigenvalue weighted by molar-refractivity contribution is -0.161. The van der Waals surface area contributed by atoms with Crippen LogP contribution in [-0.4, -0.2) is 96.7 Å². The van der Waals surface area contributed by atoms with Crippen molar-refractivity contribution < 1.29 is 80.2 Å². The Labute approximate surface area is 530 Å². The third kappa shape index (κ3) is 62.6. The van der Waals surface area contributed by atoms with Gasteiger partial charge in [0.15, 0.2) is 12.2 Å². The van der Waals surface area contributed by atoms with Crippen molar-refractivity contribution in [3.63, 3.8) is 0 Å². The van der Waals surface area contributed by atoms with E-state index in [0.29, 0.717) is 25.7 Å². The summed E-state index contributed by atoms with van der Waals surface area (Å²) in [6.07, 6.45) is 44.4. The Bertz CT molecular complexity index is 1700. The Morgan fingerprint density at radius 1 is 0.310 bits per heavy atom. The van der Waals surface area contributed by atoms with Crippen LogP contribution in [0, 0.1) is 11.8 Å². The van der Waals surface area contributed by atoms with Crippen LogP contribution >= 0.6 is 15.6 Å². The highest BCUT2D eigenvalue weighted by Crippen LogP contribution is 2.45. The van der Waals surface area contributed by atoms with Gasteiger partial charge in [0.25, 0.3) is 0 Å². The second-order valence-corrected chi connectivity index (χ2v) is 28.4. The lowest BCUT2D eigenvalue weighted by Crippen LogP contribution is -2.30. The molecule has 17 nitrogen and oxygen atoms in total. The monoisotopic (exact) mass is 1280 g/mol. The summed E-state index contributed by atoms with van der Waals surface area (Å²) in [6.45, 7) is 9.50. The normalized spacial score (nSPS) is 14.2. The van der Waals surface area contributed by atoms with Crippen LogP contribution in [0.2, 0.25) is 0 Å². The average Bonchev–Trinajstić information content (AvgIpc) is 3.65. The van der Waals surface area contributed by atoms with Gasteiger partial charge < -0.3 is 33.8 Å². The van der Waals surface area contributed by atoms with Gasteiger partial charge in [-0.1, -0.05) is 292 Å². The smallest absolute Gasteiger partial charge is 0.462 e. The van der Waals surface area contributed by atoms with Gasteiger partial charge in [0, 0.05) is 25.7 Å². The van der Waals surface area contributed by atoms with E-state index in [1.165, 1.54) is 154 Å². The largest absolute Gasteiger partial charge is 0.472 e. The summed E-state index contributed by atoms with van der Waals surface area (Å²) in [5, 5.41) is 10.6. The second kappa shape index (κ2) is 60.3. The Kier molecular flexibility index (Phi) is 59.0. The van der Waals surface area contributed by atoms with Gasteiger partial charge in [-0.2, -0.15) is 0 Å². The first-order valence-electron chi connectivity index (χ1n) is 35.5. The van der Waals surface area contributed by atoms with Gasteiger partial charge in [-0.3, -0.25) is 37.3 Å². The number of carbonyl (C=O) groups is 4. The van der Waals surface area contributed by atoms with Crippen LogP contribution in [0.25, 0.3) is 0 Å². The van der Waals surface area contributed by atoms with Crippen molar-refractivity contribution in [2.24, 2.45) is 11.8 Å². The average molecular weight is 1280 g/mol. The van der Waals surface area contributed by atoms with Crippen LogP contribution in [-0.2, 0) is 65.4 Å². The number of unbranched alkanes of at least 4 members (excludes halogenated alkanes) is 37. The Hall–Kier alpha value is -1.94. The Balaban J connectivity index is 5.22. The van der Waals surface area contributed by atoms with Crippen molar-refractivity contribution in [2.45, 2.75) is 362 Å².